The monoisotopic (exact) mass is 428 g/mol. The molecule has 0 heterocycles. The van der Waals surface area contributed by atoms with Gasteiger partial charge in [0.1, 0.15) is 8.07 Å². The van der Waals surface area contributed by atoms with Crippen LogP contribution in [0.15, 0.2) is 39.1 Å². The molecule has 21 heavy (non-hydrogen) atoms. The van der Waals surface area contributed by atoms with Crippen LogP contribution in [0.2, 0.25) is 39.3 Å². The van der Waals surface area contributed by atoms with E-state index in [0.717, 1.165) is 14.3 Å². The predicted octanol–water partition coefficient (Wildman–Crippen LogP) is 5.17. The van der Waals surface area contributed by atoms with Gasteiger partial charge in [0.2, 0.25) is 0 Å². The van der Waals surface area contributed by atoms with Crippen molar-refractivity contribution in [3.05, 3.63) is 44.7 Å². The summed E-state index contributed by atoms with van der Waals surface area (Å²) in [4.78, 5) is 0. The van der Waals surface area contributed by atoms with Crippen molar-refractivity contribution in [1.29, 1.82) is 0 Å². The van der Waals surface area contributed by atoms with Crippen molar-refractivity contribution in [3.63, 3.8) is 0 Å². The zero-order valence-corrected chi connectivity index (χ0v) is 17.9. The molecule has 0 amide bonds. The Morgan fingerprint density at radius 1 is 1.05 bits per heavy atom. The minimum atomic E-state index is -1.66. The molecule has 1 nitrogen and oxygen atoms in total. The van der Waals surface area contributed by atoms with Gasteiger partial charge in [-0.1, -0.05) is 75.5 Å². The number of hydrogen-bond acceptors (Lipinski definition) is 1. The number of aliphatic hydroxyl groups is 1. The summed E-state index contributed by atoms with van der Waals surface area (Å²) in [5, 5.41) is 12.0. The van der Waals surface area contributed by atoms with Crippen LogP contribution in [0.1, 0.15) is 11.7 Å². The lowest BCUT2D eigenvalue weighted by Crippen LogP contribution is -2.29. The first-order valence-corrected chi connectivity index (χ1v) is 15.3. The first kappa shape index (κ1) is 18.7. The van der Waals surface area contributed by atoms with Crippen LogP contribution in [0.5, 0.6) is 0 Å². The summed E-state index contributed by atoms with van der Waals surface area (Å²) in [6.07, 6.45) is -0.541. The number of halogens is 1. The van der Waals surface area contributed by atoms with E-state index in [1.54, 1.807) is 0 Å². The fourth-order valence-corrected chi connectivity index (χ4v) is 7.29. The van der Waals surface area contributed by atoms with Crippen molar-refractivity contribution >= 4 is 38.7 Å². The molecular formula is C17H25IOSi2. The third-order valence-corrected chi connectivity index (χ3v) is 7.35. The maximum atomic E-state index is 10.8. The highest BCUT2D eigenvalue weighted by Crippen LogP contribution is 2.34. The number of benzene rings is 1. The van der Waals surface area contributed by atoms with Crippen molar-refractivity contribution < 1.29 is 5.11 Å². The van der Waals surface area contributed by atoms with E-state index in [0.29, 0.717) is 0 Å². The Kier molecular flexibility index (Phi) is 6.47. The second kappa shape index (κ2) is 7.27. The number of rotatable bonds is 3. The topological polar surface area (TPSA) is 20.2 Å². The minimum Gasteiger partial charge on any atom is -0.384 e. The highest BCUT2D eigenvalue weighted by molar-refractivity contribution is 14.1. The molecule has 1 aromatic carbocycles. The third-order valence-electron chi connectivity index (χ3n) is 2.98. The molecular weight excluding hydrogens is 403 g/mol. The summed E-state index contributed by atoms with van der Waals surface area (Å²) in [7, 11) is -3.06. The van der Waals surface area contributed by atoms with Crippen LogP contribution >= 0.6 is 22.6 Å². The first-order chi connectivity index (χ1) is 9.52. The van der Waals surface area contributed by atoms with Gasteiger partial charge in [0.15, 0.2) is 0 Å². The fourth-order valence-electron chi connectivity index (χ4n) is 1.97. The Labute approximate surface area is 145 Å². The van der Waals surface area contributed by atoms with Gasteiger partial charge >= 0.3 is 0 Å². The van der Waals surface area contributed by atoms with E-state index < -0.39 is 22.3 Å². The van der Waals surface area contributed by atoms with Gasteiger partial charge in [-0.25, -0.2) is 0 Å². The molecule has 1 atom stereocenters. The zero-order chi connectivity index (χ0) is 16.3. The van der Waals surface area contributed by atoms with Crippen molar-refractivity contribution in [2.75, 3.05) is 0 Å². The van der Waals surface area contributed by atoms with E-state index in [9.17, 15) is 5.11 Å². The van der Waals surface area contributed by atoms with E-state index in [2.05, 4.69) is 73.3 Å². The Morgan fingerprint density at radius 3 is 2.00 bits per heavy atom. The highest BCUT2D eigenvalue weighted by Gasteiger charge is 2.29. The average Bonchev–Trinajstić information content (AvgIpc) is 2.35. The lowest BCUT2D eigenvalue weighted by Gasteiger charge is -2.27. The first-order valence-electron chi connectivity index (χ1n) is 7.19. The van der Waals surface area contributed by atoms with Gasteiger partial charge in [-0.15, -0.1) is 5.54 Å². The largest absolute Gasteiger partial charge is 0.384 e. The number of hydrogen-bond donors (Lipinski definition) is 1. The van der Waals surface area contributed by atoms with E-state index in [-0.39, 0.29) is 0 Å². The van der Waals surface area contributed by atoms with Gasteiger partial charge in [0.05, 0.1) is 17.8 Å². The molecule has 0 aliphatic carbocycles. The van der Waals surface area contributed by atoms with Crippen molar-refractivity contribution in [1.82, 2.24) is 0 Å². The smallest absolute Gasteiger partial charge is 0.129 e. The minimum absolute atomic E-state index is 0.541. The standard InChI is InChI=1S/C17H25IOSi2/c1-20(2,3)13-12-15(18)17(21(4,5)6)16(19)14-10-8-7-9-11-14/h7-11,16,19H,1-6H3/b17-15+. The summed E-state index contributed by atoms with van der Waals surface area (Å²) in [6.45, 7) is 13.5. The summed E-state index contributed by atoms with van der Waals surface area (Å²) in [5.74, 6) is 3.33. The molecule has 0 bridgehead atoms. The van der Waals surface area contributed by atoms with Crippen LogP contribution in [0, 0.1) is 11.5 Å². The van der Waals surface area contributed by atoms with Crippen LogP contribution in [0.4, 0.5) is 0 Å². The third kappa shape index (κ3) is 6.11. The van der Waals surface area contributed by atoms with Gasteiger partial charge in [-0.05, 0) is 33.4 Å². The van der Waals surface area contributed by atoms with Gasteiger partial charge < -0.3 is 5.11 Å². The summed E-state index contributed by atoms with van der Waals surface area (Å²) in [5.41, 5.74) is 4.37. The van der Waals surface area contributed by atoms with Crippen LogP contribution in [0.3, 0.4) is 0 Å². The molecule has 0 fully saturated rings. The van der Waals surface area contributed by atoms with Gasteiger partial charge in [-0.3, -0.25) is 0 Å². The summed E-state index contributed by atoms with van der Waals surface area (Å²) in [6, 6.07) is 9.90. The molecule has 0 saturated carbocycles. The van der Waals surface area contributed by atoms with Gasteiger partial charge in [0.25, 0.3) is 0 Å². The van der Waals surface area contributed by atoms with E-state index in [1.165, 1.54) is 0 Å². The molecule has 1 N–H and O–H groups in total. The van der Waals surface area contributed by atoms with E-state index in [4.69, 9.17) is 0 Å². The average molecular weight is 428 g/mol. The second-order valence-electron chi connectivity index (χ2n) is 7.29. The number of allylic oxidation sites excluding steroid dienone is 1. The van der Waals surface area contributed by atoms with E-state index >= 15 is 0 Å². The molecule has 0 aliphatic rings. The Balaban J connectivity index is 3.33. The molecule has 1 rings (SSSR count). The van der Waals surface area contributed by atoms with Crippen molar-refractivity contribution in [2.45, 2.75) is 45.4 Å². The summed E-state index contributed by atoms with van der Waals surface area (Å²) < 4.78 is 1.03. The molecule has 0 radical (unpaired) electrons. The lowest BCUT2D eigenvalue weighted by atomic mass is 10.1. The maximum absolute atomic E-state index is 10.8. The molecule has 114 valence electrons. The van der Waals surface area contributed by atoms with Crippen LogP contribution in [-0.4, -0.2) is 21.3 Å². The maximum Gasteiger partial charge on any atom is 0.129 e. The van der Waals surface area contributed by atoms with Crippen LogP contribution in [-0.2, 0) is 0 Å². The molecule has 4 heteroatoms. The summed E-state index contributed by atoms with van der Waals surface area (Å²) >= 11 is 2.31. The van der Waals surface area contributed by atoms with Crippen LogP contribution in [0.25, 0.3) is 0 Å². The normalized spacial score (nSPS) is 14.9. The quantitative estimate of drug-likeness (QED) is 0.400. The Hall–Kier alpha value is -0.356. The molecule has 0 aromatic heterocycles. The van der Waals surface area contributed by atoms with Gasteiger partial charge in [-0.2, -0.15) is 0 Å². The SMILES string of the molecule is C[Si](C)(C)C#C/C(I)=C(/C(O)c1ccccc1)[Si](C)(C)C. The number of aliphatic hydroxyl groups excluding tert-OH is 1. The molecule has 0 saturated heterocycles. The fraction of sp³-hybridized carbons (Fsp3) is 0.412. The molecule has 0 spiro atoms. The molecule has 1 aromatic rings. The molecule has 0 aliphatic heterocycles. The Morgan fingerprint density at radius 2 is 1.57 bits per heavy atom. The van der Waals surface area contributed by atoms with Crippen LogP contribution < -0.4 is 0 Å². The second-order valence-corrected chi connectivity index (χ2v) is 18.2. The highest BCUT2D eigenvalue weighted by atomic mass is 127. The van der Waals surface area contributed by atoms with Crippen molar-refractivity contribution in [3.8, 4) is 11.5 Å². The van der Waals surface area contributed by atoms with E-state index in [1.807, 2.05) is 30.3 Å². The van der Waals surface area contributed by atoms with Gasteiger partial charge in [0, 0.05) is 0 Å². The molecule has 1 unspecified atom stereocenters. The zero-order valence-electron chi connectivity index (χ0n) is 13.8. The van der Waals surface area contributed by atoms with Crippen molar-refractivity contribution in [2.24, 2.45) is 0 Å². The lowest BCUT2D eigenvalue weighted by molar-refractivity contribution is 0.222. The predicted molar refractivity (Wildman–Crippen MR) is 107 cm³/mol. The Bertz CT molecular complexity index is 569.